The van der Waals surface area contributed by atoms with Gasteiger partial charge in [0.15, 0.2) is 5.78 Å². The highest BCUT2D eigenvalue weighted by atomic mass is 16.3. The first-order valence-corrected chi connectivity index (χ1v) is 7.28. The Morgan fingerprint density at radius 1 is 1.05 bits per heavy atom. The maximum atomic E-state index is 12.7. The van der Waals surface area contributed by atoms with Crippen LogP contribution in [0.15, 0.2) is 57.7 Å². The van der Waals surface area contributed by atoms with Crippen molar-refractivity contribution in [3.63, 3.8) is 0 Å². The molecule has 2 aromatic carbocycles. The Morgan fingerprint density at radius 3 is 2.41 bits per heavy atom. The van der Waals surface area contributed by atoms with E-state index in [2.05, 4.69) is 0 Å². The largest absolute Gasteiger partial charge is 0.460 e. The average Bonchev–Trinajstić information content (AvgIpc) is 2.55. The number of ketones is 1. The number of carbonyl (C=O) groups is 1. The molecule has 3 rings (SSSR count). The number of hydrogen-bond acceptors (Lipinski definition) is 3. The minimum atomic E-state index is -0.281. The molecule has 3 nitrogen and oxygen atoms in total. The van der Waals surface area contributed by atoms with E-state index in [4.69, 9.17) is 4.42 Å². The van der Waals surface area contributed by atoms with Crippen LogP contribution < -0.4 is 5.43 Å². The van der Waals surface area contributed by atoms with Crippen LogP contribution in [0.2, 0.25) is 0 Å². The topological polar surface area (TPSA) is 47.3 Å². The van der Waals surface area contributed by atoms with Crippen molar-refractivity contribution in [3.05, 3.63) is 81.2 Å². The summed E-state index contributed by atoms with van der Waals surface area (Å²) in [6.07, 6.45) is 0.493. The van der Waals surface area contributed by atoms with E-state index in [0.717, 1.165) is 5.56 Å². The van der Waals surface area contributed by atoms with Gasteiger partial charge in [0.25, 0.3) is 0 Å². The van der Waals surface area contributed by atoms with E-state index in [0.29, 0.717) is 28.7 Å². The van der Waals surface area contributed by atoms with Crippen LogP contribution in [-0.4, -0.2) is 5.78 Å². The summed E-state index contributed by atoms with van der Waals surface area (Å²) in [4.78, 5) is 25.5. The zero-order valence-electron chi connectivity index (χ0n) is 12.6. The van der Waals surface area contributed by atoms with Crippen LogP contribution in [-0.2, 0) is 6.42 Å². The van der Waals surface area contributed by atoms with Crippen molar-refractivity contribution < 1.29 is 9.21 Å². The zero-order chi connectivity index (χ0) is 15.7. The molecule has 0 amide bonds. The fraction of sp³-hybridized carbons (Fsp3) is 0.158. The second kappa shape index (κ2) is 5.60. The molecule has 0 bridgehead atoms. The van der Waals surface area contributed by atoms with Crippen LogP contribution in [0, 0.1) is 6.92 Å². The first-order valence-electron chi connectivity index (χ1n) is 7.28. The molecule has 0 spiro atoms. The molecule has 0 radical (unpaired) electrons. The van der Waals surface area contributed by atoms with Crippen molar-refractivity contribution in [2.45, 2.75) is 20.3 Å². The molecule has 0 aliphatic carbocycles. The molecule has 0 fully saturated rings. The molecule has 22 heavy (non-hydrogen) atoms. The number of benzene rings is 2. The highest BCUT2D eigenvalue weighted by Crippen LogP contribution is 2.19. The zero-order valence-corrected chi connectivity index (χ0v) is 12.6. The summed E-state index contributed by atoms with van der Waals surface area (Å²) in [6.45, 7) is 3.83. The predicted octanol–water partition coefficient (Wildman–Crippen LogP) is 3.89. The minimum Gasteiger partial charge on any atom is -0.460 e. The van der Waals surface area contributed by atoms with Crippen LogP contribution >= 0.6 is 0 Å². The molecule has 0 saturated carbocycles. The maximum Gasteiger partial charge on any atom is 0.204 e. The van der Waals surface area contributed by atoms with Crippen molar-refractivity contribution in [2.24, 2.45) is 0 Å². The van der Waals surface area contributed by atoms with Gasteiger partial charge in [-0.05, 0) is 19.1 Å². The van der Waals surface area contributed by atoms with Crippen molar-refractivity contribution in [3.8, 4) is 0 Å². The van der Waals surface area contributed by atoms with E-state index in [9.17, 15) is 9.59 Å². The number of para-hydroxylation sites is 1. The first-order chi connectivity index (χ1) is 10.6. The smallest absolute Gasteiger partial charge is 0.204 e. The van der Waals surface area contributed by atoms with Crippen LogP contribution in [0.25, 0.3) is 11.0 Å². The highest BCUT2D eigenvalue weighted by Gasteiger charge is 2.21. The molecule has 0 atom stereocenters. The number of rotatable bonds is 3. The summed E-state index contributed by atoms with van der Waals surface area (Å²) in [6, 6.07) is 14.2. The van der Waals surface area contributed by atoms with Gasteiger partial charge < -0.3 is 4.42 Å². The number of aryl methyl sites for hydroxylation is 2. The SMILES string of the molecule is CCc1oc2ccccc2c(=O)c1C(=O)c1ccc(C)cc1. The number of hydrogen-bond donors (Lipinski definition) is 0. The summed E-state index contributed by atoms with van der Waals surface area (Å²) >= 11 is 0. The van der Waals surface area contributed by atoms with Crippen molar-refractivity contribution in [1.29, 1.82) is 0 Å². The van der Waals surface area contributed by atoms with Gasteiger partial charge in [-0.15, -0.1) is 0 Å². The Hall–Kier alpha value is -2.68. The molecule has 0 aliphatic rings. The Balaban J connectivity index is 2.25. The van der Waals surface area contributed by atoms with E-state index >= 15 is 0 Å². The quantitative estimate of drug-likeness (QED) is 0.688. The summed E-state index contributed by atoms with van der Waals surface area (Å²) < 4.78 is 5.77. The van der Waals surface area contributed by atoms with Crippen LogP contribution in [0.4, 0.5) is 0 Å². The lowest BCUT2D eigenvalue weighted by atomic mass is 9.99. The van der Waals surface area contributed by atoms with Gasteiger partial charge in [0.05, 0.1) is 5.39 Å². The fourth-order valence-electron chi connectivity index (χ4n) is 2.52. The molecule has 110 valence electrons. The molecule has 0 saturated heterocycles. The number of carbonyl (C=O) groups excluding carboxylic acids is 1. The summed E-state index contributed by atoms with van der Waals surface area (Å²) in [5.74, 6) is 0.158. The molecule has 1 aromatic heterocycles. The third-order valence-electron chi connectivity index (χ3n) is 3.73. The van der Waals surface area contributed by atoms with Gasteiger partial charge in [-0.1, -0.05) is 48.9 Å². The monoisotopic (exact) mass is 292 g/mol. The van der Waals surface area contributed by atoms with Crippen LogP contribution in [0.1, 0.15) is 34.2 Å². The van der Waals surface area contributed by atoms with Gasteiger partial charge in [-0.3, -0.25) is 9.59 Å². The van der Waals surface area contributed by atoms with Crippen LogP contribution in [0.5, 0.6) is 0 Å². The third kappa shape index (κ3) is 2.35. The van der Waals surface area contributed by atoms with Crippen molar-refractivity contribution >= 4 is 16.8 Å². The molecule has 0 unspecified atom stereocenters. The lowest BCUT2D eigenvalue weighted by Crippen LogP contribution is -2.19. The normalized spacial score (nSPS) is 10.8. The molecule has 3 heteroatoms. The van der Waals surface area contributed by atoms with Gasteiger partial charge in [-0.2, -0.15) is 0 Å². The lowest BCUT2D eigenvalue weighted by Gasteiger charge is -2.08. The molecule has 1 heterocycles. The van der Waals surface area contributed by atoms with Gasteiger partial charge in [-0.25, -0.2) is 0 Å². The molecular formula is C19H16O3. The summed E-state index contributed by atoms with van der Waals surface area (Å²) in [7, 11) is 0. The third-order valence-corrected chi connectivity index (χ3v) is 3.73. The Morgan fingerprint density at radius 2 is 1.73 bits per heavy atom. The van der Waals surface area contributed by atoms with E-state index in [-0.39, 0.29) is 16.8 Å². The second-order valence-electron chi connectivity index (χ2n) is 5.27. The highest BCUT2D eigenvalue weighted by molar-refractivity contribution is 6.10. The Labute approximate surface area is 128 Å². The van der Waals surface area contributed by atoms with Crippen LogP contribution in [0.3, 0.4) is 0 Å². The Bertz CT molecular complexity index is 902. The fourth-order valence-corrected chi connectivity index (χ4v) is 2.52. The average molecular weight is 292 g/mol. The Kier molecular flexibility index (Phi) is 3.63. The number of fused-ring (bicyclic) bond motifs is 1. The van der Waals surface area contributed by atoms with Gasteiger partial charge in [0.1, 0.15) is 16.9 Å². The van der Waals surface area contributed by atoms with Crippen molar-refractivity contribution in [1.82, 2.24) is 0 Å². The standard InChI is InChI=1S/C19H16O3/c1-3-15-17(18(20)13-10-8-12(2)9-11-13)19(21)14-6-4-5-7-16(14)22-15/h4-11H,3H2,1-2H3. The van der Waals surface area contributed by atoms with E-state index in [1.165, 1.54) is 0 Å². The van der Waals surface area contributed by atoms with Gasteiger partial charge in [0.2, 0.25) is 5.43 Å². The predicted molar refractivity (Wildman–Crippen MR) is 86.5 cm³/mol. The van der Waals surface area contributed by atoms with Crippen molar-refractivity contribution in [2.75, 3.05) is 0 Å². The molecule has 3 aromatic rings. The maximum absolute atomic E-state index is 12.7. The summed E-state index contributed by atoms with van der Waals surface area (Å²) in [5.41, 5.74) is 1.97. The first kappa shape index (κ1) is 14.3. The molecule has 0 aliphatic heterocycles. The molecular weight excluding hydrogens is 276 g/mol. The second-order valence-corrected chi connectivity index (χ2v) is 5.27. The van der Waals surface area contributed by atoms with E-state index in [1.54, 1.807) is 30.3 Å². The van der Waals surface area contributed by atoms with E-state index < -0.39 is 0 Å². The van der Waals surface area contributed by atoms with E-state index in [1.807, 2.05) is 32.0 Å². The minimum absolute atomic E-state index is 0.144. The van der Waals surface area contributed by atoms with Gasteiger partial charge in [0, 0.05) is 12.0 Å². The molecule has 0 N–H and O–H groups in total. The lowest BCUT2D eigenvalue weighted by molar-refractivity contribution is 0.103. The van der Waals surface area contributed by atoms with Gasteiger partial charge >= 0.3 is 0 Å². The summed E-state index contributed by atoms with van der Waals surface area (Å²) in [5, 5.41) is 0.440.